The highest BCUT2D eigenvalue weighted by molar-refractivity contribution is 7.01. The molecule has 0 radical (unpaired) electrons. The lowest BCUT2D eigenvalue weighted by Gasteiger charge is -2.35. The van der Waals surface area contributed by atoms with E-state index in [1.54, 1.807) is 0 Å². The zero-order valence-electron chi connectivity index (χ0n) is 31.3. The van der Waals surface area contributed by atoms with Gasteiger partial charge in [-0.05, 0) is 117 Å². The SMILES string of the molecule is [C-]#[N+]c1ccc(-n2c3ccccc3c3c4c5c(cccc5cc32)B2c3c(cc(C#N)cc3-4)-c3c4c2cccc4cc2c3c3ccccc3n2-c2ccc(C#N)cc2)cc1. The summed E-state index contributed by atoms with van der Waals surface area (Å²) in [6, 6.07) is 60.2. The summed E-state index contributed by atoms with van der Waals surface area (Å²) in [6.45, 7) is 7.54. The van der Waals surface area contributed by atoms with Crippen LogP contribution in [0, 0.1) is 29.2 Å². The van der Waals surface area contributed by atoms with Crippen LogP contribution in [0.1, 0.15) is 11.1 Å². The third-order valence-electron chi connectivity index (χ3n) is 12.9. The van der Waals surface area contributed by atoms with E-state index in [4.69, 9.17) is 6.57 Å². The number of hydrogen-bond donors (Lipinski definition) is 0. The molecule has 59 heavy (non-hydrogen) atoms. The normalized spacial score (nSPS) is 12.3. The fraction of sp³-hybridized carbons (Fsp3) is 0. The number of hydrogen-bond acceptors (Lipinski definition) is 2. The minimum absolute atomic E-state index is 0.0450. The van der Waals surface area contributed by atoms with Gasteiger partial charge in [0.25, 0.3) is 0 Å². The monoisotopic (exact) mass is 743 g/mol. The maximum absolute atomic E-state index is 10.9. The number of nitrogens with zero attached hydrogens (tertiary/aromatic N) is 5. The molecule has 266 valence electrons. The van der Waals surface area contributed by atoms with Crippen LogP contribution in [0.5, 0.6) is 0 Å². The molecule has 6 heteroatoms. The fourth-order valence-corrected chi connectivity index (χ4v) is 10.7. The Morgan fingerprint density at radius 2 is 0.966 bits per heavy atom. The van der Waals surface area contributed by atoms with Crippen molar-refractivity contribution in [2.45, 2.75) is 0 Å². The van der Waals surface area contributed by atoms with Crippen LogP contribution in [0.3, 0.4) is 0 Å². The third-order valence-corrected chi connectivity index (χ3v) is 12.9. The van der Waals surface area contributed by atoms with E-state index in [9.17, 15) is 10.5 Å². The van der Waals surface area contributed by atoms with Gasteiger partial charge < -0.3 is 9.13 Å². The van der Waals surface area contributed by atoms with E-state index in [-0.39, 0.29) is 6.71 Å². The molecule has 0 aliphatic carbocycles. The van der Waals surface area contributed by atoms with Crippen LogP contribution in [-0.2, 0) is 0 Å². The number of fused-ring (bicyclic) bond motifs is 12. The standard InChI is InChI=1S/C53H26BN5/c1-57-34-18-22-36(23-19-34)59-44-15-5-3-11-38(44)50-46(59)27-33-9-7-13-42-48(33)52(50)40-25-31(29-56)24-39-51-47-32(8-6-12-41(47)54(42)53(39)40)26-45-49(51)37-10-2-4-14-43(37)58(45)35-20-16-30(28-55)17-21-35/h2-27H. The Labute approximate surface area is 338 Å². The summed E-state index contributed by atoms with van der Waals surface area (Å²) in [7, 11) is 0. The van der Waals surface area contributed by atoms with Crippen molar-refractivity contribution in [3.05, 3.63) is 180 Å². The zero-order chi connectivity index (χ0) is 39.1. The first kappa shape index (κ1) is 31.8. The van der Waals surface area contributed by atoms with E-state index < -0.39 is 0 Å². The highest BCUT2D eigenvalue weighted by Crippen LogP contribution is 2.49. The molecule has 2 aromatic heterocycles. The van der Waals surface area contributed by atoms with Crippen LogP contribution >= 0.6 is 0 Å². The Morgan fingerprint density at radius 1 is 0.475 bits per heavy atom. The van der Waals surface area contributed by atoms with Crippen molar-refractivity contribution < 1.29 is 0 Å². The number of benzene rings is 9. The largest absolute Gasteiger partial charge is 0.309 e. The van der Waals surface area contributed by atoms with Gasteiger partial charge in [-0.3, -0.25) is 0 Å². The van der Waals surface area contributed by atoms with Crippen LogP contribution < -0.4 is 16.4 Å². The van der Waals surface area contributed by atoms with Crippen molar-refractivity contribution in [1.82, 2.24) is 9.13 Å². The molecule has 2 aliphatic heterocycles. The van der Waals surface area contributed by atoms with Gasteiger partial charge in [-0.15, -0.1) is 0 Å². The Balaban J connectivity index is 1.22. The Kier molecular flexibility index (Phi) is 6.13. The maximum Gasteiger partial charge on any atom is 0.244 e. The molecule has 9 aromatic carbocycles. The molecular formula is C53H26BN5. The summed E-state index contributed by atoms with van der Waals surface area (Å²) in [5.41, 5.74) is 16.5. The maximum atomic E-state index is 10.9. The third kappa shape index (κ3) is 4.01. The second kappa shape index (κ2) is 11.4. The number of rotatable bonds is 2. The van der Waals surface area contributed by atoms with Gasteiger partial charge in [0.05, 0.1) is 51.9 Å². The molecule has 0 N–H and O–H groups in total. The minimum Gasteiger partial charge on any atom is -0.309 e. The predicted molar refractivity (Wildman–Crippen MR) is 241 cm³/mol. The van der Waals surface area contributed by atoms with Gasteiger partial charge in [-0.1, -0.05) is 101 Å². The molecule has 0 atom stereocenters. The number of aromatic nitrogens is 2. The molecule has 0 amide bonds. The van der Waals surface area contributed by atoms with Crippen molar-refractivity contribution in [1.29, 1.82) is 10.5 Å². The average Bonchev–Trinajstić information content (AvgIpc) is 3.80. The molecule has 0 spiro atoms. The molecule has 0 saturated carbocycles. The number of nitriles is 2. The topological polar surface area (TPSA) is 61.8 Å². The van der Waals surface area contributed by atoms with E-state index in [0.29, 0.717) is 16.8 Å². The summed E-state index contributed by atoms with van der Waals surface area (Å²) < 4.78 is 4.64. The van der Waals surface area contributed by atoms with Crippen LogP contribution in [0.25, 0.3) is 104 Å². The molecule has 2 aliphatic rings. The molecule has 0 bridgehead atoms. The highest BCUT2D eigenvalue weighted by atomic mass is 15.0. The Hall–Kier alpha value is -8.37. The lowest BCUT2D eigenvalue weighted by atomic mass is 9.31. The average molecular weight is 744 g/mol. The molecule has 13 rings (SSSR count). The van der Waals surface area contributed by atoms with Gasteiger partial charge in [0.15, 0.2) is 5.69 Å². The Morgan fingerprint density at radius 3 is 1.46 bits per heavy atom. The first-order valence-electron chi connectivity index (χ1n) is 19.7. The van der Waals surface area contributed by atoms with Gasteiger partial charge >= 0.3 is 0 Å². The quantitative estimate of drug-likeness (QED) is 0.131. The van der Waals surface area contributed by atoms with E-state index in [1.165, 1.54) is 27.2 Å². The summed E-state index contributed by atoms with van der Waals surface area (Å²) in [4.78, 5) is 3.66. The van der Waals surface area contributed by atoms with Gasteiger partial charge in [0.1, 0.15) is 0 Å². The van der Waals surface area contributed by atoms with Crippen molar-refractivity contribution in [3.63, 3.8) is 0 Å². The van der Waals surface area contributed by atoms with Crippen LogP contribution in [0.2, 0.25) is 0 Å². The van der Waals surface area contributed by atoms with Gasteiger partial charge in [0.2, 0.25) is 6.71 Å². The van der Waals surface area contributed by atoms with Crippen LogP contribution in [0.15, 0.2) is 158 Å². The summed E-state index contributed by atoms with van der Waals surface area (Å²) >= 11 is 0. The first-order chi connectivity index (χ1) is 29.1. The zero-order valence-corrected chi connectivity index (χ0v) is 31.3. The smallest absolute Gasteiger partial charge is 0.244 e. The number of para-hydroxylation sites is 2. The molecule has 0 fully saturated rings. The lowest BCUT2D eigenvalue weighted by Crippen LogP contribution is -2.57. The second-order valence-corrected chi connectivity index (χ2v) is 15.7. The fourth-order valence-electron chi connectivity index (χ4n) is 10.7. The summed E-state index contributed by atoms with van der Waals surface area (Å²) in [5, 5.41) is 29.9. The van der Waals surface area contributed by atoms with Gasteiger partial charge in [-0.2, -0.15) is 10.5 Å². The van der Waals surface area contributed by atoms with E-state index >= 15 is 0 Å². The molecule has 11 aromatic rings. The molecule has 0 unspecified atom stereocenters. The molecular weight excluding hydrogens is 717 g/mol. The van der Waals surface area contributed by atoms with E-state index in [2.05, 4.69) is 135 Å². The van der Waals surface area contributed by atoms with Gasteiger partial charge in [0, 0.05) is 32.9 Å². The minimum atomic E-state index is -0.0450. The molecule has 4 heterocycles. The van der Waals surface area contributed by atoms with Crippen molar-refractivity contribution >= 4 is 93.9 Å². The molecule has 0 saturated heterocycles. The van der Waals surface area contributed by atoms with Crippen molar-refractivity contribution in [2.75, 3.05) is 0 Å². The highest BCUT2D eigenvalue weighted by Gasteiger charge is 2.41. The summed E-state index contributed by atoms with van der Waals surface area (Å²) in [5.74, 6) is 0. The van der Waals surface area contributed by atoms with E-state index in [1.807, 2.05) is 48.5 Å². The Bertz CT molecular complexity index is 3620. The van der Waals surface area contributed by atoms with Crippen LogP contribution in [0.4, 0.5) is 5.69 Å². The summed E-state index contributed by atoms with van der Waals surface area (Å²) in [6.07, 6.45) is 0. The van der Waals surface area contributed by atoms with Crippen molar-refractivity contribution in [3.8, 4) is 45.8 Å². The first-order valence-corrected chi connectivity index (χ1v) is 19.7. The van der Waals surface area contributed by atoms with Crippen LogP contribution in [-0.4, -0.2) is 15.8 Å². The lowest BCUT2D eigenvalue weighted by molar-refractivity contribution is 1.18. The molecule has 5 nitrogen and oxygen atoms in total. The van der Waals surface area contributed by atoms with Crippen molar-refractivity contribution in [2.24, 2.45) is 0 Å². The van der Waals surface area contributed by atoms with Gasteiger partial charge in [-0.25, -0.2) is 4.85 Å². The second-order valence-electron chi connectivity index (χ2n) is 15.7. The predicted octanol–water partition coefficient (Wildman–Crippen LogP) is 11.0. The van der Waals surface area contributed by atoms with E-state index in [0.717, 1.165) is 88.0 Å².